The predicted octanol–water partition coefficient (Wildman–Crippen LogP) is 7.80. The quantitative estimate of drug-likeness (QED) is 0.146. The van der Waals surface area contributed by atoms with Crippen LogP contribution in [-0.4, -0.2) is 0 Å². The Morgan fingerprint density at radius 1 is 0.412 bits per heavy atom. The fraction of sp³-hybridized carbons (Fsp3) is 0.0303. The van der Waals surface area contributed by atoms with Gasteiger partial charge in [0.2, 0.25) is 0 Å². The maximum atomic E-state index is 2.40. The third-order valence-electron chi connectivity index (χ3n) is 7.09. The van der Waals surface area contributed by atoms with Gasteiger partial charge in [-0.05, 0) is 79.4 Å². The van der Waals surface area contributed by atoms with E-state index < -0.39 is 7.92 Å². The van der Waals surface area contributed by atoms with E-state index in [1.54, 1.807) is 0 Å². The first-order valence-corrected chi connectivity index (χ1v) is 13.1. The monoisotopic (exact) mass is 450 g/mol. The summed E-state index contributed by atoms with van der Waals surface area (Å²) in [4.78, 5) is 0. The fourth-order valence-electron chi connectivity index (χ4n) is 5.64. The van der Waals surface area contributed by atoms with Crippen molar-refractivity contribution in [1.82, 2.24) is 0 Å². The standard InChI is InChI=1S/C33H23P/c1-22-18-19-23-10-8-16-27-28-17-9-11-24-20-21-29(33(32(24)28)30(22)31(23)27)34(25-12-4-2-5-13-25)26-14-6-3-7-15-26/h2-21H,1H3. The summed E-state index contributed by atoms with van der Waals surface area (Å²) in [5.74, 6) is 0. The first kappa shape index (κ1) is 19.7. The molecule has 0 N–H and O–H groups in total. The average Bonchev–Trinajstić information content (AvgIpc) is 2.90. The fourth-order valence-corrected chi connectivity index (χ4v) is 8.11. The Bertz CT molecular complexity index is 1760. The molecular formula is C33H23P. The number of hydrogen-bond donors (Lipinski definition) is 0. The lowest BCUT2D eigenvalue weighted by Gasteiger charge is -2.24. The molecule has 0 aliphatic rings. The minimum atomic E-state index is -0.709. The normalized spacial score (nSPS) is 11.9. The maximum absolute atomic E-state index is 2.40. The van der Waals surface area contributed by atoms with Crippen molar-refractivity contribution in [1.29, 1.82) is 0 Å². The Kier molecular flexibility index (Phi) is 4.44. The second-order valence-electron chi connectivity index (χ2n) is 9.03. The summed E-state index contributed by atoms with van der Waals surface area (Å²) in [5, 5.41) is 15.2. The van der Waals surface area contributed by atoms with Gasteiger partial charge in [0.15, 0.2) is 0 Å². The Hall–Kier alpha value is -3.73. The van der Waals surface area contributed by atoms with Crippen LogP contribution in [0.4, 0.5) is 0 Å². The van der Waals surface area contributed by atoms with Crippen molar-refractivity contribution in [3.05, 3.63) is 127 Å². The van der Waals surface area contributed by atoms with Gasteiger partial charge in [-0.15, -0.1) is 0 Å². The van der Waals surface area contributed by atoms with E-state index >= 15 is 0 Å². The Morgan fingerprint density at radius 3 is 1.53 bits per heavy atom. The predicted molar refractivity (Wildman–Crippen MR) is 151 cm³/mol. The third kappa shape index (κ3) is 2.82. The molecule has 0 aliphatic carbocycles. The van der Waals surface area contributed by atoms with Crippen molar-refractivity contribution in [2.24, 2.45) is 0 Å². The zero-order valence-electron chi connectivity index (χ0n) is 19.0. The van der Waals surface area contributed by atoms with Crippen LogP contribution in [0.5, 0.6) is 0 Å². The van der Waals surface area contributed by atoms with E-state index in [0.717, 1.165) is 0 Å². The summed E-state index contributed by atoms with van der Waals surface area (Å²) >= 11 is 0. The van der Waals surface area contributed by atoms with Crippen LogP contribution in [-0.2, 0) is 0 Å². The summed E-state index contributed by atoms with van der Waals surface area (Å²) < 4.78 is 0. The smallest absolute Gasteiger partial charge is 0.000635 e. The van der Waals surface area contributed by atoms with Crippen molar-refractivity contribution < 1.29 is 0 Å². The number of rotatable bonds is 3. The molecule has 7 aromatic carbocycles. The molecule has 0 amide bonds. The van der Waals surface area contributed by atoms with E-state index in [9.17, 15) is 0 Å². The molecule has 0 aliphatic heterocycles. The van der Waals surface area contributed by atoms with Gasteiger partial charge in [0.05, 0.1) is 0 Å². The summed E-state index contributed by atoms with van der Waals surface area (Å²) in [7, 11) is -0.709. The SMILES string of the molecule is Cc1ccc2cccc3c4cccc5ccc(P(c6ccccc6)c6ccccc6)c(c1c23)c54. The van der Waals surface area contributed by atoms with Gasteiger partial charge in [-0.1, -0.05) is 121 Å². The Labute approximate surface area is 200 Å². The number of hydrogen-bond acceptors (Lipinski definition) is 0. The highest BCUT2D eigenvalue weighted by molar-refractivity contribution is 7.80. The van der Waals surface area contributed by atoms with Crippen LogP contribution in [0.1, 0.15) is 5.56 Å². The minimum absolute atomic E-state index is 0.709. The average molecular weight is 451 g/mol. The molecule has 0 saturated carbocycles. The molecule has 0 fully saturated rings. The molecule has 34 heavy (non-hydrogen) atoms. The highest BCUT2D eigenvalue weighted by atomic mass is 31.1. The first-order chi connectivity index (χ1) is 16.8. The van der Waals surface area contributed by atoms with Crippen LogP contribution < -0.4 is 15.9 Å². The Balaban J connectivity index is 1.74. The lowest BCUT2D eigenvalue weighted by atomic mass is 9.88. The van der Waals surface area contributed by atoms with Gasteiger partial charge in [0, 0.05) is 0 Å². The lowest BCUT2D eigenvalue weighted by molar-refractivity contribution is 1.56. The van der Waals surface area contributed by atoms with Gasteiger partial charge in [-0.3, -0.25) is 0 Å². The van der Waals surface area contributed by atoms with Crippen LogP contribution in [0.2, 0.25) is 0 Å². The van der Waals surface area contributed by atoms with Crippen molar-refractivity contribution >= 4 is 66.9 Å². The third-order valence-corrected chi connectivity index (χ3v) is 9.57. The molecule has 7 aromatic rings. The molecule has 7 rings (SSSR count). The van der Waals surface area contributed by atoms with Gasteiger partial charge < -0.3 is 0 Å². The van der Waals surface area contributed by atoms with Crippen LogP contribution >= 0.6 is 7.92 Å². The number of benzene rings is 7. The molecule has 0 aromatic heterocycles. The molecule has 0 atom stereocenters. The largest absolute Gasteiger partial charge is 0.0622 e. The zero-order chi connectivity index (χ0) is 22.6. The molecule has 0 bridgehead atoms. The van der Waals surface area contributed by atoms with Crippen LogP contribution in [0.15, 0.2) is 121 Å². The molecule has 0 heterocycles. The Morgan fingerprint density at radius 2 is 0.941 bits per heavy atom. The minimum Gasteiger partial charge on any atom is -0.0622 e. The van der Waals surface area contributed by atoms with Gasteiger partial charge in [-0.25, -0.2) is 0 Å². The highest BCUT2D eigenvalue weighted by Gasteiger charge is 2.23. The van der Waals surface area contributed by atoms with Crippen LogP contribution in [0.25, 0.3) is 43.1 Å². The molecule has 0 radical (unpaired) electrons. The molecule has 0 spiro atoms. The highest BCUT2D eigenvalue weighted by Crippen LogP contribution is 2.45. The van der Waals surface area contributed by atoms with Crippen molar-refractivity contribution in [3.8, 4) is 0 Å². The van der Waals surface area contributed by atoms with E-state index in [1.165, 1.54) is 64.6 Å². The van der Waals surface area contributed by atoms with E-state index in [0.29, 0.717) is 0 Å². The molecule has 0 unspecified atom stereocenters. The van der Waals surface area contributed by atoms with Crippen molar-refractivity contribution in [2.45, 2.75) is 6.92 Å². The van der Waals surface area contributed by atoms with Gasteiger partial charge in [0.1, 0.15) is 0 Å². The van der Waals surface area contributed by atoms with Gasteiger partial charge >= 0.3 is 0 Å². The summed E-state index contributed by atoms with van der Waals surface area (Å²) in [6.45, 7) is 2.27. The maximum Gasteiger partial charge on any atom is -0.000635 e. The first-order valence-electron chi connectivity index (χ1n) is 11.8. The van der Waals surface area contributed by atoms with E-state index in [-0.39, 0.29) is 0 Å². The topological polar surface area (TPSA) is 0 Å². The molecule has 0 nitrogen and oxygen atoms in total. The van der Waals surface area contributed by atoms with Crippen molar-refractivity contribution in [2.75, 3.05) is 0 Å². The van der Waals surface area contributed by atoms with Gasteiger partial charge in [0.25, 0.3) is 0 Å². The lowest BCUT2D eigenvalue weighted by Crippen LogP contribution is -2.21. The van der Waals surface area contributed by atoms with Gasteiger partial charge in [-0.2, -0.15) is 0 Å². The summed E-state index contributed by atoms with van der Waals surface area (Å²) in [6.07, 6.45) is 0. The molecule has 1 heteroatoms. The molecular weight excluding hydrogens is 427 g/mol. The van der Waals surface area contributed by atoms with Crippen LogP contribution in [0, 0.1) is 6.92 Å². The molecule has 0 saturated heterocycles. The summed E-state index contributed by atoms with van der Waals surface area (Å²) in [6, 6.07) is 45.0. The van der Waals surface area contributed by atoms with Crippen molar-refractivity contribution in [3.63, 3.8) is 0 Å². The van der Waals surface area contributed by atoms with Crippen LogP contribution in [0.3, 0.4) is 0 Å². The van der Waals surface area contributed by atoms with E-state index in [1.807, 2.05) is 0 Å². The zero-order valence-corrected chi connectivity index (χ0v) is 19.9. The number of fused-ring (bicyclic) bond motifs is 2. The molecule has 160 valence electrons. The van der Waals surface area contributed by atoms with E-state index in [4.69, 9.17) is 0 Å². The second kappa shape index (κ2) is 7.66. The number of aryl methyl sites for hydroxylation is 1. The summed E-state index contributed by atoms with van der Waals surface area (Å²) in [5.41, 5.74) is 1.35. The second-order valence-corrected chi connectivity index (χ2v) is 11.2. The van der Waals surface area contributed by atoms with E-state index in [2.05, 4.69) is 128 Å².